The zero-order chi connectivity index (χ0) is 53.6. The number of Topliss-reactive ketones (excluding diaryl/α,β-unsaturated/α-hetero) is 3. The Bertz CT molecular complexity index is 2070. The summed E-state index contributed by atoms with van der Waals surface area (Å²) in [5, 5.41) is 34.3. The number of amides is 1. The lowest BCUT2D eigenvalue weighted by atomic mass is 9.74. The first-order chi connectivity index (χ1) is 33.9. The predicted molar refractivity (Wildman–Crippen MR) is 278 cm³/mol. The number of methoxy groups -OCH3 is 1. The van der Waals surface area contributed by atoms with Gasteiger partial charge in [-0.25, -0.2) is 9.79 Å². The van der Waals surface area contributed by atoms with Crippen LogP contribution in [0.3, 0.4) is 0 Å². The number of hydrogen-bond donors (Lipinski definition) is 5. The van der Waals surface area contributed by atoms with Crippen LogP contribution in [0.25, 0.3) is 0 Å². The van der Waals surface area contributed by atoms with Crippen molar-refractivity contribution in [1.29, 1.82) is 0 Å². The highest BCUT2D eigenvalue weighted by atomic mass is 16.6. The number of fused-ring (bicyclic) bond motifs is 3. The summed E-state index contributed by atoms with van der Waals surface area (Å²) < 4.78 is 18.2. The number of aliphatic hydroxyl groups excluding tert-OH is 2. The van der Waals surface area contributed by atoms with E-state index in [0.717, 1.165) is 24.8 Å². The van der Waals surface area contributed by atoms with E-state index in [1.807, 2.05) is 51.2 Å². The summed E-state index contributed by atoms with van der Waals surface area (Å²) in [5.74, 6) is -8.00. The molecule has 3 aliphatic heterocycles. The van der Waals surface area contributed by atoms with Crippen molar-refractivity contribution in [1.82, 2.24) is 9.80 Å². The molecule has 2 bridgehead atoms. The van der Waals surface area contributed by atoms with Gasteiger partial charge in [0.2, 0.25) is 11.7 Å². The molecule has 0 spiro atoms. The Morgan fingerprint density at radius 1 is 0.944 bits per heavy atom. The number of aliphatic imine (C=N–C) groups is 2. The molecule has 4 aliphatic rings. The SMILES string of the molecule is CC[C@@H]1C[C@H](C[C@@H](C)[C@@H]2CC(=O)[C@H](C)/C=C(\C)[C@@H](O)[C@@H](OC)C(=O)[C@H](C)C[C@H](C)/C=C/C=C/C=C(\C)C(N=C(N)N=C(N)N(C)C)C[C@@H]3CC[C@@H](C)[C@@](O)(O3)C(=O)C(=O)N3CCCC[C@H]3C(=O)O2)CC[C@H]1O. The van der Waals surface area contributed by atoms with Gasteiger partial charge in [-0.3, -0.25) is 19.2 Å². The van der Waals surface area contributed by atoms with Crippen LogP contribution < -0.4 is 11.5 Å². The first-order valence-corrected chi connectivity index (χ1v) is 26.4. The molecule has 404 valence electrons. The van der Waals surface area contributed by atoms with Gasteiger partial charge in [0.15, 0.2) is 11.7 Å². The van der Waals surface area contributed by atoms with E-state index in [9.17, 15) is 39.3 Å². The van der Waals surface area contributed by atoms with E-state index in [1.54, 1.807) is 52.8 Å². The Hall–Kier alpha value is -4.55. The fraction of sp³-hybridized carbons (Fsp3) is 0.727. The minimum atomic E-state index is -2.52. The molecule has 1 unspecified atom stereocenters. The Kier molecular flexibility index (Phi) is 23.1. The molecular weight excluding hydrogens is 921 g/mol. The van der Waals surface area contributed by atoms with Crippen LogP contribution in [-0.2, 0) is 38.2 Å². The number of hydrogen-bond acceptors (Lipinski definition) is 12. The van der Waals surface area contributed by atoms with Crippen LogP contribution in [0.4, 0.5) is 0 Å². The highest BCUT2D eigenvalue weighted by Crippen LogP contribution is 2.39. The lowest BCUT2D eigenvalue weighted by Gasteiger charge is -2.42. The number of rotatable bonds is 6. The van der Waals surface area contributed by atoms with Crippen LogP contribution in [0.1, 0.15) is 139 Å². The third-order valence-electron chi connectivity index (χ3n) is 15.6. The second kappa shape index (κ2) is 27.7. The molecule has 0 aromatic carbocycles. The number of allylic oxidation sites excluding steroid dienone is 6. The zero-order valence-corrected chi connectivity index (χ0v) is 45.0. The standard InChI is InChI=1S/C55H88N6O11/c1-12-40-29-39(22-24-44(40)62)28-35(5)46-31-45(63)34(4)27-37(7)48(65)49(70-11)47(64)36(6)26-32(2)18-14-13-15-19-33(3)42(58-53(56)59-54(57)60(9)10)30-41-23-21-38(8)55(69,72-41)50(66)51(67)61-25-17-16-20-43(61)52(68)71-46/h13-15,18-19,27,32,34-36,38-44,46,48-49,62,65,69H,12,16-17,20-26,28-31H2,1-11H3,(H4,56,57,58,59)/b15-13+,18-14+,33-19+,37-27+/t32-,34-,35-,36-,38-,39+,40-,41+,42?,43+,44-,46+,48-,49+,55-/m1/s1. The van der Waals surface area contributed by atoms with E-state index in [-0.39, 0.29) is 79.1 Å². The van der Waals surface area contributed by atoms with Crippen molar-refractivity contribution < 1.29 is 53.5 Å². The van der Waals surface area contributed by atoms with Crippen LogP contribution in [0, 0.1) is 41.4 Å². The number of carbonyl (C=O) groups excluding carboxylic acids is 5. The molecule has 1 aliphatic carbocycles. The van der Waals surface area contributed by atoms with E-state index >= 15 is 0 Å². The number of esters is 1. The molecule has 0 aromatic rings. The molecule has 3 fully saturated rings. The summed E-state index contributed by atoms with van der Waals surface area (Å²) in [4.78, 5) is 83.1. The monoisotopic (exact) mass is 1010 g/mol. The molecular formula is C55H88N6O11. The Balaban J connectivity index is 1.76. The number of nitrogens with two attached hydrogens (primary N) is 2. The van der Waals surface area contributed by atoms with E-state index in [0.29, 0.717) is 50.5 Å². The van der Waals surface area contributed by atoms with Crippen LogP contribution in [0.15, 0.2) is 57.6 Å². The minimum absolute atomic E-state index is 0.0297. The first kappa shape index (κ1) is 60.0. The van der Waals surface area contributed by atoms with Crippen molar-refractivity contribution in [2.24, 2.45) is 62.9 Å². The molecule has 1 saturated carbocycles. The molecule has 15 atom stereocenters. The number of guanidine groups is 2. The number of aliphatic hydroxyl groups is 3. The van der Waals surface area contributed by atoms with Crippen LogP contribution >= 0.6 is 0 Å². The van der Waals surface area contributed by atoms with Gasteiger partial charge in [0.05, 0.1) is 18.2 Å². The molecule has 17 heteroatoms. The van der Waals surface area contributed by atoms with Crippen molar-refractivity contribution in [2.45, 2.75) is 187 Å². The van der Waals surface area contributed by atoms with E-state index in [4.69, 9.17) is 25.7 Å². The number of cyclic esters (lactones) is 1. The van der Waals surface area contributed by atoms with Gasteiger partial charge >= 0.3 is 5.97 Å². The van der Waals surface area contributed by atoms with Gasteiger partial charge in [-0.05, 0) is 113 Å². The maximum absolute atomic E-state index is 14.5. The van der Waals surface area contributed by atoms with Crippen LogP contribution in [-0.4, -0.2) is 142 Å². The Morgan fingerprint density at radius 3 is 2.32 bits per heavy atom. The van der Waals surface area contributed by atoms with E-state index in [2.05, 4.69) is 16.9 Å². The third-order valence-corrected chi connectivity index (χ3v) is 15.6. The molecule has 72 heavy (non-hydrogen) atoms. The number of nitrogens with zero attached hydrogens (tertiary/aromatic N) is 4. The molecule has 7 N–H and O–H groups in total. The second-order valence-corrected chi connectivity index (χ2v) is 21.6. The van der Waals surface area contributed by atoms with Gasteiger partial charge in [0.25, 0.3) is 11.7 Å². The fourth-order valence-electron chi connectivity index (χ4n) is 10.7. The Labute approximate surface area is 428 Å². The number of carbonyl (C=O) groups is 5. The molecule has 0 radical (unpaired) electrons. The Morgan fingerprint density at radius 2 is 1.65 bits per heavy atom. The highest BCUT2D eigenvalue weighted by molar-refractivity contribution is 6.39. The van der Waals surface area contributed by atoms with Crippen molar-refractivity contribution >= 4 is 41.1 Å². The summed E-state index contributed by atoms with van der Waals surface area (Å²) in [6.45, 7) is 14.7. The maximum Gasteiger partial charge on any atom is 0.329 e. The second-order valence-electron chi connectivity index (χ2n) is 21.6. The average molecular weight is 1010 g/mol. The largest absolute Gasteiger partial charge is 0.460 e. The fourth-order valence-corrected chi connectivity index (χ4v) is 10.7. The number of ether oxygens (including phenoxy) is 3. The van der Waals surface area contributed by atoms with E-state index < -0.39 is 77.7 Å². The highest BCUT2D eigenvalue weighted by Gasteiger charge is 2.53. The van der Waals surface area contributed by atoms with Crippen molar-refractivity contribution in [3.8, 4) is 0 Å². The summed E-state index contributed by atoms with van der Waals surface area (Å²) in [5.41, 5.74) is 13.5. The topological polar surface area (TPSA) is 257 Å². The van der Waals surface area contributed by atoms with Crippen molar-refractivity contribution in [2.75, 3.05) is 27.7 Å². The first-order valence-electron chi connectivity index (χ1n) is 26.4. The van der Waals surface area contributed by atoms with Gasteiger partial charge < -0.3 is 50.8 Å². The minimum Gasteiger partial charge on any atom is -0.460 e. The molecule has 17 nitrogen and oxygen atoms in total. The molecule has 2 saturated heterocycles. The number of ketones is 3. The maximum atomic E-state index is 14.5. The zero-order valence-electron chi connectivity index (χ0n) is 45.0. The molecule has 0 aromatic heterocycles. The van der Waals surface area contributed by atoms with Crippen molar-refractivity contribution in [3.05, 3.63) is 47.6 Å². The summed E-state index contributed by atoms with van der Waals surface area (Å²) in [6.07, 6.45) is 12.6. The predicted octanol–water partition coefficient (Wildman–Crippen LogP) is 5.74. The van der Waals surface area contributed by atoms with Gasteiger partial charge in [0.1, 0.15) is 30.1 Å². The normalized spacial score (nSPS) is 38.1. The van der Waals surface area contributed by atoms with Crippen LogP contribution in [0.5, 0.6) is 0 Å². The molecule has 1 amide bonds. The lowest BCUT2D eigenvalue weighted by molar-refractivity contribution is -0.263. The molecule has 3 heterocycles. The van der Waals surface area contributed by atoms with Crippen LogP contribution in [0.2, 0.25) is 0 Å². The van der Waals surface area contributed by atoms with Gasteiger partial charge in [-0.1, -0.05) is 84.4 Å². The average Bonchev–Trinajstić information content (AvgIpc) is 3.34. The quantitative estimate of drug-likeness (QED) is 0.0700. The lowest BCUT2D eigenvalue weighted by Crippen LogP contribution is -2.60. The van der Waals surface area contributed by atoms with Gasteiger partial charge in [0, 0.05) is 58.3 Å². The molecule has 4 rings (SSSR count). The number of piperidine rings is 1. The summed E-state index contributed by atoms with van der Waals surface area (Å²) in [6, 6.07) is -1.82. The van der Waals surface area contributed by atoms with Gasteiger partial charge in [-0.15, -0.1) is 0 Å². The summed E-state index contributed by atoms with van der Waals surface area (Å²) in [7, 11) is 4.80. The summed E-state index contributed by atoms with van der Waals surface area (Å²) >= 11 is 0. The smallest absolute Gasteiger partial charge is 0.329 e. The van der Waals surface area contributed by atoms with Gasteiger partial charge in [-0.2, -0.15) is 4.99 Å². The van der Waals surface area contributed by atoms with E-state index in [1.165, 1.54) is 12.0 Å². The van der Waals surface area contributed by atoms with Crippen molar-refractivity contribution in [3.63, 3.8) is 0 Å². The third kappa shape index (κ3) is 16.2.